The van der Waals surface area contributed by atoms with Crippen molar-refractivity contribution in [2.24, 2.45) is 0 Å². The highest BCUT2D eigenvalue weighted by Crippen LogP contribution is 2.06. The first-order valence-corrected chi connectivity index (χ1v) is 3.62. The van der Waals surface area contributed by atoms with Crippen molar-refractivity contribution in [3.8, 4) is 0 Å². The van der Waals surface area contributed by atoms with Crippen LogP contribution in [0, 0.1) is 5.21 Å². The van der Waals surface area contributed by atoms with Crippen molar-refractivity contribution >= 4 is 0 Å². The third-order valence-corrected chi connectivity index (χ3v) is 1.19. The highest BCUT2D eigenvalue weighted by molar-refractivity contribution is 4.78. The fraction of sp³-hybridized carbons (Fsp3) is 0.714. The van der Waals surface area contributed by atoms with Crippen molar-refractivity contribution in [3.05, 3.63) is 17.9 Å². The first kappa shape index (κ1) is 11.5. The molecule has 0 aromatic carbocycles. The molecule has 2 N–H and O–H groups in total. The first-order valence-electron chi connectivity index (χ1n) is 3.62. The lowest BCUT2D eigenvalue weighted by atomic mass is 10.4. The standard InChI is InChI=1S/C7H14NO4/c1-3-5-8(11)7(9,10)6-12-4-2/h3,9-10H,1,4-6H2,2H3/q-1. The molecule has 0 radical (unpaired) electrons. The van der Waals surface area contributed by atoms with Gasteiger partial charge in [-0.2, -0.15) is 0 Å². The number of nitrogens with zero attached hydrogens (tertiary/aromatic N) is 1. The minimum Gasteiger partial charge on any atom is -0.781 e. The van der Waals surface area contributed by atoms with Crippen LogP contribution in [-0.2, 0) is 4.74 Å². The number of rotatable bonds is 6. The van der Waals surface area contributed by atoms with E-state index in [9.17, 15) is 5.21 Å². The topological polar surface area (TPSA) is 76.0 Å². The summed E-state index contributed by atoms with van der Waals surface area (Å²) in [5.74, 6) is -2.45. The zero-order valence-electron chi connectivity index (χ0n) is 7.06. The minimum atomic E-state index is -2.45. The van der Waals surface area contributed by atoms with Gasteiger partial charge in [0.05, 0.1) is 0 Å². The maximum absolute atomic E-state index is 10.8. The van der Waals surface area contributed by atoms with Gasteiger partial charge in [0.1, 0.15) is 6.61 Å². The van der Waals surface area contributed by atoms with Crippen molar-refractivity contribution in [2.45, 2.75) is 12.8 Å². The Morgan fingerprint density at radius 2 is 2.25 bits per heavy atom. The highest BCUT2D eigenvalue weighted by atomic mass is 16.7. The lowest BCUT2D eigenvalue weighted by Crippen LogP contribution is -2.49. The van der Waals surface area contributed by atoms with Crippen molar-refractivity contribution in [3.63, 3.8) is 0 Å². The van der Waals surface area contributed by atoms with Crippen LogP contribution >= 0.6 is 0 Å². The summed E-state index contributed by atoms with van der Waals surface area (Å²) < 4.78 is 4.69. The average molecular weight is 176 g/mol. The smallest absolute Gasteiger partial charge is 0.238 e. The predicted molar refractivity (Wildman–Crippen MR) is 43.9 cm³/mol. The number of hydrogen-bond donors (Lipinski definition) is 2. The van der Waals surface area contributed by atoms with Crippen molar-refractivity contribution in [1.82, 2.24) is 5.06 Å². The van der Waals surface area contributed by atoms with E-state index in [1.54, 1.807) is 6.92 Å². The molecule has 0 rings (SSSR count). The zero-order chi connectivity index (χ0) is 9.61. The third-order valence-electron chi connectivity index (χ3n) is 1.19. The molecule has 0 spiro atoms. The number of ether oxygens (including phenoxy) is 1. The van der Waals surface area contributed by atoms with E-state index in [1.807, 2.05) is 0 Å². The molecule has 72 valence electrons. The monoisotopic (exact) mass is 176 g/mol. The van der Waals surface area contributed by atoms with Gasteiger partial charge in [-0.15, -0.1) is 6.58 Å². The molecule has 0 aliphatic rings. The Labute approximate surface area is 71.4 Å². The van der Waals surface area contributed by atoms with E-state index in [0.717, 1.165) is 0 Å². The molecule has 0 unspecified atom stereocenters. The number of aliphatic hydroxyl groups is 2. The van der Waals surface area contributed by atoms with Crippen molar-refractivity contribution < 1.29 is 14.9 Å². The maximum atomic E-state index is 10.8. The molecule has 5 heteroatoms. The van der Waals surface area contributed by atoms with Gasteiger partial charge >= 0.3 is 0 Å². The third kappa shape index (κ3) is 3.80. The van der Waals surface area contributed by atoms with Gasteiger partial charge in [0.2, 0.25) is 5.91 Å². The maximum Gasteiger partial charge on any atom is 0.238 e. The Morgan fingerprint density at radius 3 is 2.67 bits per heavy atom. The largest absolute Gasteiger partial charge is 0.781 e. The lowest BCUT2D eigenvalue weighted by Gasteiger charge is -2.38. The second-order valence-electron chi connectivity index (χ2n) is 2.26. The molecule has 0 aliphatic heterocycles. The van der Waals surface area contributed by atoms with E-state index in [1.165, 1.54) is 6.08 Å². The molecular weight excluding hydrogens is 162 g/mol. The summed E-state index contributed by atoms with van der Waals surface area (Å²) in [5, 5.41) is 29.0. The van der Waals surface area contributed by atoms with Crippen LogP contribution in [0.25, 0.3) is 0 Å². The van der Waals surface area contributed by atoms with Gasteiger partial charge in [-0.3, -0.25) is 0 Å². The molecule has 0 aliphatic carbocycles. The minimum absolute atomic E-state index is 0.0929. The van der Waals surface area contributed by atoms with Gasteiger partial charge in [-0.1, -0.05) is 6.08 Å². The van der Waals surface area contributed by atoms with Crippen molar-refractivity contribution in [1.29, 1.82) is 0 Å². The Balaban J connectivity index is 3.89. The second-order valence-corrected chi connectivity index (χ2v) is 2.26. The normalized spacial score (nSPS) is 12.1. The van der Waals surface area contributed by atoms with E-state index in [0.29, 0.717) is 6.61 Å². The van der Waals surface area contributed by atoms with E-state index in [-0.39, 0.29) is 11.6 Å². The quantitative estimate of drug-likeness (QED) is 0.328. The van der Waals surface area contributed by atoms with Gasteiger partial charge in [-0.25, -0.2) is 0 Å². The van der Waals surface area contributed by atoms with Crippen molar-refractivity contribution in [2.75, 3.05) is 19.8 Å². The fourth-order valence-corrected chi connectivity index (χ4v) is 0.574. The van der Waals surface area contributed by atoms with Gasteiger partial charge in [0, 0.05) is 13.2 Å². The number of hydrogen-bond acceptors (Lipinski definition) is 5. The molecule has 12 heavy (non-hydrogen) atoms. The van der Waals surface area contributed by atoms with Crippen LogP contribution in [0.2, 0.25) is 0 Å². The molecule has 5 nitrogen and oxygen atoms in total. The summed E-state index contributed by atoms with van der Waals surface area (Å²) in [7, 11) is 0. The molecule has 0 heterocycles. The summed E-state index contributed by atoms with van der Waals surface area (Å²) in [4.78, 5) is 0. The van der Waals surface area contributed by atoms with Gasteiger partial charge in [0.25, 0.3) is 0 Å². The van der Waals surface area contributed by atoms with E-state index in [4.69, 9.17) is 10.2 Å². The fourth-order valence-electron chi connectivity index (χ4n) is 0.574. The van der Waals surface area contributed by atoms with Gasteiger partial charge < -0.3 is 25.2 Å². The predicted octanol–water partition coefficient (Wildman–Crippen LogP) is -0.353. The van der Waals surface area contributed by atoms with Crippen LogP contribution in [0.1, 0.15) is 6.92 Å². The lowest BCUT2D eigenvalue weighted by molar-refractivity contribution is -0.271. The Morgan fingerprint density at radius 1 is 1.67 bits per heavy atom. The van der Waals surface area contributed by atoms with Crippen LogP contribution in [0.3, 0.4) is 0 Å². The van der Waals surface area contributed by atoms with E-state index >= 15 is 0 Å². The Hall–Kier alpha value is -0.460. The SMILES string of the molecule is C=CCN([O-])C(O)(O)COCC. The van der Waals surface area contributed by atoms with Gasteiger partial charge in [0.15, 0.2) is 0 Å². The summed E-state index contributed by atoms with van der Waals surface area (Å²) in [6.45, 7) is 4.72. The molecular formula is C7H14NO4-. The van der Waals surface area contributed by atoms with Crippen LogP contribution in [0.15, 0.2) is 12.7 Å². The molecule has 0 amide bonds. The Bertz CT molecular complexity index is 137. The summed E-state index contributed by atoms with van der Waals surface area (Å²) in [6, 6.07) is 0. The molecule has 0 aromatic heterocycles. The molecule has 0 saturated carbocycles. The van der Waals surface area contributed by atoms with Crippen LogP contribution < -0.4 is 0 Å². The van der Waals surface area contributed by atoms with Gasteiger partial charge in [-0.05, 0) is 6.92 Å². The highest BCUT2D eigenvalue weighted by Gasteiger charge is 2.24. The molecule has 0 aromatic rings. The number of hydroxylamine groups is 2. The van der Waals surface area contributed by atoms with E-state index in [2.05, 4.69) is 11.3 Å². The summed E-state index contributed by atoms with van der Waals surface area (Å²) in [6.07, 6.45) is 1.28. The molecule has 0 fully saturated rings. The Kier molecular flexibility index (Phi) is 5.03. The van der Waals surface area contributed by atoms with Crippen LogP contribution in [-0.4, -0.2) is 40.9 Å². The zero-order valence-corrected chi connectivity index (χ0v) is 7.06. The summed E-state index contributed by atoms with van der Waals surface area (Å²) >= 11 is 0. The molecule has 0 atom stereocenters. The average Bonchev–Trinajstić information content (AvgIpc) is 2.01. The summed E-state index contributed by atoms with van der Waals surface area (Å²) in [5.41, 5.74) is 0. The van der Waals surface area contributed by atoms with Crippen LogP contribution in [0.4, 0.5) is 0 Å². The van der Waals surface area contributed by atoms with E-state index < -0.39 is 12.5 Å². The molecule has 0 saturated heterocycles. The second kappa shape index (κ2) is 5.23. The van der Waals surface area contributed by atoms with Crippen LogP contribution in [0.5, 0.6) is 0 Å². The molecule has 0 bridgehead atoms. The first-order chi connectivity index (χ1) is 5.54.